The van der Waals surface area contributed by atoms with Gasteiger partial charge in [-0.05, 0) is 50.4 Å². The SMILES string of the molecule is CC(N)Cc1ccc(N2CCN3CCCCC3C2)cc1Br. The lowest BCUT2D eigenvalue weighted by molar-refractivity contribution is 0.133. The summed E-state index contributed by atoms with van der Waals surface area (Å²) >= 11 is 3.72. The van der Waals surface area contributed by atoms with Crippen LogP contribution in [0.1, 0.15) is 31.7 Å². The third kappa shape index (κ3) is 3.61. The third-order valence-electron chi connectivity index (χ3n) is 4.78. The van der Waals surface area contributed by atoms with Crippen LogP contribution in [0.4, 0.5) is 5.69 Å². The Balaban J connectivity index is 1.70. The maximum atomic E-state index is 5.91. The van der Waals surface area contributed by atoms with Gasteiger partial charge < -0.3 is 10.6 Å². The van der Waals surface area contributed by atoms with Crippen LogP contribution in [-0.2, 0) is 6.42 Å². The summed E-state index contributed by atoms with van der Waals surface area (Å²) in [5.41, 5.74) is 8.57. The highest BCUT2D eigenvalue weighted by Gasteiger charge is 2.29. The predicted molar refractivity (Wildman–Crippen MR) is 92.9 cm³/mol. The van der Waals surface area contributed by atoms with E-state index >= 15 is 0 Å². The van der Waals surface area contributed by atoms with E-state index in [4.69, 9.17) is 5.73 Å². The first kappa shape index (κ1) is 15.3. The summed E-state index contributed by atoms with van der Waals surface area (Å²) in [5, 5.41) is 0. The van der Waals surface area contributed by atoms with E-state index in [-0.39, 0.29) is 6.04 Å². The van der Waals surface area contributed by atoms with Crippen LogP contribution in [0.5, 0.6) is 0 Å². The monoisotopic (exact) mass is 351 g/mol. The molecule has 0 amide bonds. The van der Waals surface area contributed by atoms with Gasteiger partial charge in [0.05, 0.1) is 0 Å². The van der Waals surface area contributed by atoms with Crippen LogP contribution in [0.2, 0.25) is 0 Å². The maximum absolute atomic E-state index is 5.91. The zero-order valence-electron chi connectivity index (χ0n) is 12.9. The molecular formula is C17H26BrN3. The number of hydrogen-bond donors (Lipinski definition) is 1. The normalized spacial score (nSPS) is 24.7. The molecule has 2 aliphatic rings. The Labute approximate surface area is 136 Å². The summed E-state index contributed by atoms with van der Waals surface area (Å²) in [6.45, 7) is 6.90. The summed E-state index contributed by atoms with van der Waals surface area (Å²) in [7, 11) is 0. The van der Waals surface area contributed by atoms with Crippen LogP contribution < -0.4 is 10.6 Å². The fraction of sp³-hybridized carbons (Fsp3) is 0.647. The van der Waals surface area contributed by atoms with Gasteiger partial charge in [-0.1, -0.05) is 28.4 Å². The number of piperidine rings is 1. The molecule has 2 heterocycles. The van der Waals surface area contributed by atoms with E-state index in [1.807, 2.05) is 0 Å². The summed E-state index contributed by atoms with van der Waals surface area (Å²) in [6, 6.07) is 7.74. The van der Waals surface area contributed by atoms with Crippen LogP contribution in [-0.4, -0.2) is 43.2 Å². The Bertz CT molecular complexity index is 489. The molecule has 4 heteroatoms. The molecule has 0 radical (unpaired) electrons. The Kier molecular flexibility index (Phi) is 4.87. The van der Waals surface area contributed by atoms with Gasteiger partial charge in [-0.25, -0.2) is 0 Å². The van der Waals surface area contributed by atoms with E-state index in [9.17, 15) is 0 Å². The van der Waals surface area contributed by atoms with Crippen molar-refractivity contribution in [1.82, 2.24) is 4.90 Å². The molecule has 1 aromatic rings. The highest BCUT2D eigenvalue weighted by atomic mass is 79.9. The Morgan fingerprint density at radius 3 is 2.90 bits per heavy atom. The fourth-order valence-electron chi connectivity index (χ4n) is 3.64. The van der Waals surface area contributed by atoms with Crippen LogP contribution >= 0.6 is 15.9 Å². The zero-order chi connectivity index (χ0) is 14.8. The highest BCUT2D eigenvalue weighted by Crippen LogP contribution is 2.28. The second kappa shape index (κ2) is 6.67. The van der Waals surface area contributed by atoms with Crippen LogP contribution in [0.3, 0.4) is 0 Å². The average molecular weight is 352 g/mol. The van der Waals surface area contributed by atoms with Crippen LogP contribution in [0, 0.1) is 0 Å². The molecule has 0 spiro atoms. The van der Waals surface area contributed by atoms with Crippen molar-refractivity contribution in [1.29, 1.82) is 0 Å². The quantitative estimate of drug-likeness (QED) is 0.908. The summed E-state index contributed by atoms with van der Waals surface area (Å²) in [6.07, 6.45) is 5.07. The number of benzene rings is 1. The molecule has 21 heavy (non-hydrogen) atoms. The zero-order valence-corrected chi connectivity index (χ0v) is 14.5. The average Bonchev–Trinajstić information content (AvgIpc) is 2.48. The number of fused-ring (bicyclic) bond motifs is 1. The molecule has 116 valence electrons. The summed E-state index contributed by atoms with van der Waals surface area (Å²) in [4.78, 5) is 5.23. The summed E-state index contributed by atoms with van der Waals surface area (Å²) < 4.78 is 1.20. The standard InChI is InChI=1S/C17H26BrN3/c1-13(19)10-14-5-6-15(11-17(14)18)21-9-8-20-7-3-2-4-16(20)12-21/h5-6,11,13,16H,2-4,7-10,12,19H2,1H3. The van der Waals surface area contributed by atoms with Crippen LogP contribution in [0.25, 0.3) is 0 Å². The fourth-order valence-corrected chi connectivity index (χ4v) is 4.16. The molecule has 2 unspecified atom stereocenters. The van der Waals surface area contributed by atoms with E-state index < -0.39 is 0 Å². The molecule has 1 aromatic carbocycles. The molecule has 2 atom stereocenters. The molecule has 3 nitrogen and oxygen atoms in total. The molecule has 2 N–H and O–H groups in total. The molecule has 2 saturated heterocycles. The minimum Gasteiger partial charge on any atom is -0.369 e. The number of piperazine rings is 1. The van der Waals surface area contributed by atoms with E-state index in [0.29, 0.717) is 0 Å². The van der Waals surface area contributed by atoms with Gasteiger partial charge in [0.15, 0.2) is 0 Å². The van der Waals surface area contributed by atoms with E-state index in [1.165, 1.54) is 54.6 Å². The van der Waals surface area contributed by atoms with Gasteiger partial charge in [-0.2, -0.15) is 0 Å². The molecule has 0 saturated carbocycles. The van der Waals surface area contributed by atoms with E-state index in [2.05, 4.69) is 50.9 Å². The third-order valence-corrected chi connectivity index (χ3v) is 5.52. The Morgan fingerprint density at radius 1 is 1.29 bits per heavy atom. The van der Waals surface area contributed by atoms with Crippen molar-refractivity contribution in [2.24, 2.45) is 5.73 Å². The van der Waals surface area contributed by atoms with Crippen molar-refractivity contribution in [3.8, 4) is 0 Å². The first-order valence-electron chi connectivity index (χ1n) is 8.16. The number of nitrogens with two attached hydrogens (primary N) is 1. The number of nitrogens with zero attached hydrogens (tertiary/aromatic N) is 2. The molecule has 0 aliphatic carbocycles. The van der Waals surface area contributed by atoms with Crippen LogP contribution in [0.15, 0.2) is 22.7 Å². The number of halogens is 1. The lowest BCUT2D eigenvalue weighted by Gasteiger charge is -2.45. The molecule has 2 fully saturated rings. The van der Waals surface area contributed by atoms with Gasteiger partial charge in [0.2, 0.25) is 0 Å². The molecular weight excluding hydrogens is 326 g/mol. The van der Waals surface area contributed by atoms with Gasteiger partial charge in [-0.15, -0.1) is 0 Å². The summed E-state index contributed by atoms with van der Waals surface area (Å²) in [5.74, 6) is 0. The minimum absolute atomic E-state index is 0.206. The van der Waals surface area contributed by atoms with E-state index in [0.717, 1.165) is 19.0 Å². The number of hydrogen-bond acceptors (Lipinski definition) is 3. The van der Waals surface area contributed by atoms with Gasteiger partial charge in [0.1, 0.15) is 0 Å². The molecule has 0 bridgehead atoms. The second-order valence-corrected chi connectivity index (χ2v) is 7.44. The van der Waals surface area contributed by atoms with Gasteiger partial charge in [-0.3, -0.25) is 4.90 Å². The molecule has 3 rings (SSSR count). The predicted octanol–water partition coefficient (Wildman–Crippen LogP) is 3.01. The van der Waals surface area contributed by atoms with Crippen molar-refractivity contribution in [2.75, 3.05) is 31.1 Å². The number of rotatable bonds is 3. The van der Waals surface area contributed by atoms with Gasteiger partial charge in [0, 0.05) is 41.9 Å². The molecule has 2 aliphatic heterocycles. The van der Waals surface area contributed by atoms with Crippen molar-refractivity contribution in [2.45, 2.75) is 44.7 Å². The minimum atomic E-state index is 0.206. The Morgan fingerprint density at radius 2 is 2.14 bits per heavy atom. The Hall–Kier alpha value is -0.580. The van der Waals surface area contributed by atoms with Crippen molar-refractivity contribution in [3.05, 3.63) is 28.2 Å². The largest absolute Gasteiger partial charge is 0.369 e. The first-order valence-corrected chi connectivity index (χ1v) is 8.96. The van der Waals surface area contributed by atoms with Gasteiger partial charge >= 0.3 is 0 Å². The highest BCUT2D eigenvalue weighted by molar-refractivity contribution is 9.10. The van der Waals surface area contributed by atoms with Crippen molar-refractivity contribution < 1.29 is 0 Å². The van der Waals surface area contributed by atoms with Gasteiger partial charge in [0.25, 0.3) is 0 Å². The second-order valence-electron chi connectivity index (χ2n) is 6.59. The lowest BCUT2D eigenvalue weighted by Crippen LogP contribution is -2.54. The number of anilines is 1. The lowest BCUT2D eigenvalue weighted by atomic mass is 9.99. The smallest absolute Gasteiger partial charge is 0.0378 e. The topological polar surface area (TPSA) is 32.5 Å². The first-order chi connectivity index (χ1) is 10.1. The van der Waals surface area contributed by atoms with Crippen molar-refractivity contribution >= 4 is 21.6 Å². The van der Waals surface area contributed by atoms with Crippen molar-refractivity contribution in [3.63, 3.8) is 0 Å². The van der Waals surface area contributed by atoms with E-state index in [1.54, 1.807) is 0 Å². The molecule has 0 aromatic heterocycles. The maximum Gasteiger partial charge on any atom is 0.0378 e.